The van der Waals surface area contributed by atoms with Crippen molar-refractivity contribution in [2.75, 3.05) is 18.5 Å². The van der Waals surface area contributed by atoms with Gasteiger partial charge in [0.2, 0.25) is 5.82 Å². The average molecular weight is 336 g/mol. The largest absolute Gasteiger partial charge is 0.387 e. The number of nitrogens with zero attached hydrogens (tertiary/aromatic N) is 4. The predicted molar refractivity (Wildman–Crippen MR) is 84.4 cm³/mol. The van der Waals surface area contributed by atoms with E-state index in [9.17, 15) is 19.6 Å². The molecule has 0 radical (unpaired) electrons. The maximum absolute atomic E-state index is 12.9. The second-order valence-corrected chi connectivity index (χ2v) is 5.89. The van der Waals surface area contributed by atoms with E-state index in [1.165, 1.54) is 44.9 Å². The summed E-state index contributed by atoms with van der Waals surface area (Å²) in [6.07, 6.45) is 0.665. The fraction of sp³-hybridized carbons (Fsp3) is 0.214. The van der Waals surface area contributed by atoms with Gasteiger partial charge in [-0.1, -0.05) is 23.5 Å². The molecule has 0 aliphatic heterocycles. The molecule has 0 saturated heterocycles. The lowest BCUT2D eigenvalue weighted by atomic mass is 10.1. The molecular formula is C14H13FN4O3S. The number of aliphatic hydroxyl groups is 1. The van der Waals surface area contributed by atoms with Gasteiger partial charge in [-0.25, -0.2) is 4.39 Å². The van der Waals surface area contributed by atoms with Gasteiger partial charge in [-0.15, -0.1) is 0 Å². The van der Waals surface area contributed by atoms with Crippen LogP contribution in [0, 0.1) is 15.9 Å². The van der Waals surface area contributed by atoms with Crippen LogP contribution in [-0.2, 0) is 0 Å². The van der Waals surface area contributed by atoms with Gasteiger partial charge in [0.25, 0.3) is 4.96 Å². The van der Waals surface area contributed by atoms with Crippen molar-refractivity contribution >= 4 is 27.9 Å². The molecule has 1 unspecified atom stereocenters. The lowest BCUT2D eigenvalue weighted by molar-refractivity contribution is -0.389. The van der Waals surface area contributed by atoms with Crippen molar-refractivity contribution in [2.24, 2.45) is 0 Å². The van der Waals surface area contributed by atoms with Crippen molar-refractivity contribution in [1.82, 2.24) is 9.38 Å². The van der Waals surface area contributed by atoms with Gasteiger partial charge in [0.05, 0.1) is 6.10 Å². The molecule has 0 aliphatic carbocycles. The fourth-order valence-corrected chi connectivity index (χ4v) is 3.03. The highest BCUT2D eigenvalue weighted by Crippen LogP contribution is 2.31. The van der Waals surface area contributed by atoms with E-state index in [0.717, 1.165) is 0 Å². The number of fused-ring (bicyclic) bond motifs is 1. The fourth-order valence-electron chi connectivity index (χ4n) is 2.32. The van der Waals surface area contributed by atoms with Gasteiger partial charge in [-0.2, -0.15) is 9.38 Å². The standard InChI is InChI=1S/C14H13FN4O3S/c1-17(8-11(20)9-2-4-10(15)5-3-9)12-13(19(21)22)18-6-7-23-14(18)16-12/h2-7,11,20H,8H2,1H3. The zero-order valence-electron chi connectivity index (χ0n) is 12.1. The summed E-state index contributed by atoms with van der Waals surface area (Å²) in [6, 6.07) is 5.48. The van der Waals surface area contributed by atoms with Gasteiger partial charge in [0.1, 0.15) is 12.0 Å². The normalized spacial score (nSPS) is 12.5. The summed E-state index contributed by atoms with van der Waals surface area (Å²) in [5.41, 5.74) is 0.530. The molecule has 1 aromatic carbocycles. The van der Waals surface area contributed by atoms with Crippen molar-refractivity contribution in [3.8, 4) is 0 Å². The highest BCUT2D eigenvalue weighted by Gasteiger charge is 2.27. The quantitative estimate of drug-likeness (QED) is 0.572. The number of imidazole rings is 1. The Balaban J connectivity index is 1.87. The lowest BCUT2D eigenvalue weighted by Crippen LogP contribution is -2.25. The van der Waals surface area contributed by atoms with Crippen molar-refractivity contribution in [2.45, 2.75) is 6.10 Å². The topological polar surface area (TPSA) is 83.9 Å². The smallest absolute Gasteiger partial charge is 0.373 e. The monoisotopic (exact) mass is 336 g/mol. The van der Waals surface area contributed by atoms with E-state index in [1.807, 2.05) is 0 Å². The van der Waals surface area contributed by atoms with E-state index in [2.05, 4.69) is 4.98 Å². The number of hydrogen-bond acceptors (Lipinski definition) is 6. The Bertz CT molecular complexity index is 845. The number of halogens is 1. The van der Waals surface area contributed by atoms with Crippen molar-refractivity contribution < 1.29 is 14.4 Å². The Labute approximate surface area is 134 Å². The Morgan fingerprint density at radius 3 is 2.83 bits per heavy atom. The first-order valence-electron chi connectivity index (χ1n) is 6.72. The summed E-state index contributed by atoms with van der Waals surface area (Å²) in [5.74, 6) is -0.350. The second kappa shape index (κ2) is 5.94. The van der Waals surface area contributed by atoms with Crippen LogP contribution in [-0.4, -0.2) is 33.0 Å². The minimum atomic E-state index is -0.917. The van der Waals surface area contributed by atoms with Crippen LogP contribution in [0.2, 0.25) is 0 Å². The Hall–Kier alpha value is -2.52. The molecule has 7 nitrogen and oxygen atoms in total. The molecule has 0 amide bonds. The first kappa shape index (κ1) is 15.4. The summed E-state index contributed by atoms with van der Waals surface area (Å²) in [5, 5.41) is 23.3. The van der Waals surface area contributed by atoms with Gasteiger partial charge in [0, 0.05) is 19.0 Å². The number of aromatic nitrogens is 2. The molecule has 3 rings (SSSR count). The molecule has 3 aromatic rings. The van der Waals surface area contributed by atoms with Gasteiger partial charge >= 0.3 is 5.82 Å². The summed E-state index contributed by atoms with van der Waals surface area (Å²) in [6.45, 7) is 0.0946. The maximum atomic E-state index is 12.9. The SMILES string of the molecule is CN(CC(O)c1ccc(F)cc1)c1nc2sccn2c1[N+](=O)[O-]. The number of nitro groups is 1. The van der Waals surface area contributed by atoms with Crippen LogP contribution >= 0.6 is 11.3 Å². The van der Waals surface area contributed by atoms with Crippen LogP contribution in [0.1, 0.15) is 11.7 Å². The van der Waals surface area contributed by atoms with Crippen LogP contribution < -0.4 is 4.90 Å². The predicted octanol–water partition coefficient (Wildman–Crippen LogP) is 2.61. The number of anilines is 1. The summed E-state index contributed by atoms with van der Waals surface area (Å²) in [7, 11) is 1.62. The number of hydrogen-bond donors (Lipinski definition) is 1. The number of aliphatic hydroxyl groups excluding tert-OH is 1. The Morgan fingerprint density at radius 1 is 1.48 bits per heavy atom. The minimum Gasteiger partial charge on any atom is -0.387 e. The summed E-state index contributed by atoms with van der Waals surface area (Å²) in [4.78, 5) is 17.1. The molecular weight excluding hydrogens is 323 g/mol. The maximum Gasteiger partial charge on any atom is 0.373 e. The van der Waals surface area contributed by atoms with Crippen molar-refractivity contribution in [1.29, 1.82) is 0 Å². The third kappa shape index (κ3) is 2.88. The van der Waals surface area contributed by atoms with E-state index >= 15 is 0 Å². The van der Waals surface area contributed by atoms with Crippen LogP contribution in [0.3, 0.4) is 0 Å². The Morgan fingerprint density at radius 2 is 2.17 bits per heavy atom. The second-order valence-electron chi connectivity index (χ2n) is 5.02. The third-order valence-corrected chi connectivity index (χ3v) is 4.21. The number of benzene rings is 1. The minimum absolute atomic E-state index is 0.0946. The van der Waals surface area contributed by atoms with E-state index in [-0.39, 0.29) is 24.0 Å². The number of thiazole rings is 1. The van der Waals surface area contributed by atoms with Gasteiger partial charge < -0.3 is 20.1 Å². The average Bonchev–Trinajstić information content (AvgIpc) is 3.07. The van der Waals surface area contributed by atoms with E-state index in [0.29, 0.717) is 10.5 Å². The molecule has 1 N–H and O–H groups in total. The molecule has 0 aliphatic rings. The van der Waals surface area contributed by atoms with E-state index in [4.69, 9.17) is 0 Å². The van der Waals surface area contributed by atoms with Crippen molar-refractivity contribution in [3.63, 3.8) is 0 Å². The van der Waals surface area contributed by atoms with Gasteiger partial charge in [0.15, 0.2) is 0 Å². The summed E-state index contributed by atoms with van der Waals surface area (Å²) >= 11 is 1.29. The van der Waals surface area contributed by atoms with Gasteiger partial charge in [-0.05, 0) is 22.6 Å². The highest BCUT2D eigenvalue weighted by atomic mass is 32.1. The molecule has 0 spiro atoms. The van der Waals surface area contributed by atoms with E-state index in [1.54, 1.807) is 18.6 Å². The molecule has 2 aromatic heterocycles. The third-order valence-electron chi connectivity index (χ3n) is 3.46. The Kier molecular flexibility index (Phi) is 3.97. The highest BCUT2D eigenvalue weighted by molar-refractivity contribution is 7.15. The van der Waals surface area contributed by atoms with E-state index < -0.39 is 11.0 Å². The molecule has 9 heteroatoms. The molecule has 120 valence electrons. The first-order chi connectivity index (χ1) is 11.0. The first-order valence-corrected chi connectivity index (χ1v) is 7.60. The summed E-state index contributed by atoms with van der Waals surface area (Å²) < 4.78 is 14.3. The zero-order chi connectivity index (χ0) is 16.6. The van der Waals surface area contributed by atoms with Crippen LogP contribution in [0.15, 0.2) is 35.8 Å². The molecule has 1 atom stereocenters. The molecule has 2 heterocycles. The van der Waals surface area contributed by atoms with Crippen LogP contribution in [0.4, 0.5) is 16.0 Å². The number of likely N-dealkylation sites (N-methyl/N-ethyl adjacent to an activating group) is 1. The molecule has 0 saturated carbocycles. The molecule has 0 bridgehead atoms. The van der Waals surface area contributed by atoms with Crippen LogP contribution in [0.5, 0.6) is 0 Å². The molecule has 23 heavy (non-hydrogen) atoms. The lowest BCUT2D eigenvalue weighted by Gasteiger charge is -2.20. The van der Waals surface area contributed by atoms with Gasteiger partial charge in [-0.3, -0.25) is 0 Å². The zero-order valence-corrected chi connectivity index (χ0v) is 12.9. The van der Waals surface area contributed by atoms with Crippen molar-refractivity contribution in [3.05, 3.63) is 57.3 Å². The number of rotatable bonds is 5. The molecule has 0 fully saturated rings. The van der Waals surface area contributed by atoms with Crippen LogP contribution in [0.25, 0.3) is 4.96 Å².